The van der Waals surface area contributed by atoms with Crippen LogP contribution in [-0.4, -0.2) is 90.4 Å². The first-order valence-electron chi connectivity index (χ1n) is 24.8. The number of methoxy groups -OCH3 is 1. The fourth-order valence-electron chi connectivity index (χ4n) is 12.1. The largest absolute Gasteiger partial charge is 0.494 e. The number of amides is 5. The molecule has 0 radical (unpaired) electrons. The van der Waals surface area contributed by atoms with Gasteiger partial charge in [-0.25, -0.2) is 13.6 Å². The topological polar surface area (TPSA) is 173 Å². The molecule has 70 heavy (non-hydrogen) atoms. The number of imide groups is 1. The second-order valence-electron chi connectivity index (χ2n) is 20.2. The molecule has 1 aromatic heterocycles. The summed E-state index contributed by atoms with van der Waals surface area (Å²) in [6, 6.07) is 20.2. The molecule has 2 unspecified atom stereocenters. The fourth-order valence-corrected chi connectivity index (χ4v) is 12.1. The first-order valence-corrected chi connectivity index (χ1v) is 24.8. The number of nitrogens with zero attached hydrogens (tertiary/aromatic N) is 4. The van der Waals surface area contributed by atoms with Gasteiger partial charge in [-0.1, -0.05) is 43.3 Å². The van der Waals surface area contributed by atoms with Gasteiger partial charge in [-0.05, 0) is 130 Å². The van der Waals surface area contributed by atoms with Crippen LogP contribution in [-0.2, 0) is 22.2 Å². The van der Waals surface area contributed by atoms with Crippen molar-refractivity contribution in [2.45, 2.75) is 101 Å². The highest BCUT2D eigenvalue weighted by molar-refractivity contribution is 6.09. The number of anilines is 1. The number of hydrogen-bond donors (Lipinski definition) is 4. The minimum absolute atomic E-state index is 0.0528. The zero-order chi connectivity index (χ0) is 49.0. The molecule has 10 rings (SSSR count). The van der Waals surface area contributed by atoms with Gasteiger partial charge in [0.2, 0.25) is 17.7 Å². The summed E-state index contributed by atoms with van der Waals surface area (Å²) in [5.74, 6) is -1.07. The lowest BCUT2D eigenvalue weighted by molar-refractivity contribution is -0.127. The molecule has 5 amide bonds. The maximum absolute atomic E-state index is 16.3. The van der Waals surface area contributed by atoms with Gasteiger partial charge in [0.05, 0.1) is 18.2 Å². The Morgan fingerprint density at radius 3 is 2.39 bits per heavy atom. The van der Waals surface area contributed by atoms with Gasteiger partial charge in [0.15, 0.2) is 23.0 Å². The van der Waals surface area contributed by atoms with E-state index in [1.807, 2.05) is 49.0 Å². The van der Waals surface area contributed by atoms with Crippen LogP contribution in [0.1, 0.15) is 109 Å². The summed E-state index contributed by atoms with van der Waals surface area (Å²) in [5, 5.41) is 15.1. The molecule has 4 heterocycles. The number of halogens is 2. The molecule has 0 bridgehead atoms. The number of hydrogen-bond acceptors (Lipinski definition) is 9. The SMILES string of the molecule is COc1ccc(C(N)=O)c(-c2c(C)c(F)cc3c2C(C)C(CNC2CCC(C(=O)NC4CC(CN5CCC(c6ccc7c(N8CCC(=O)NC8=O)nn(C)c7c6)CC5)C4)CC2)(c2ccccc2)O3)c1F. The van der Waals surface area contributed by atoms with E-state index in [-0.39, 0.29) is 70.0 Å². The molecule has 2 saturated carbocycles. The zero-order valence-electron chi connectivity index (χ0n) is 40.3. The van der Waals surface area contributed by atoms with Crippen molar-refractivity contribution in [3.05, 3.63) is 106 Å². The number of likely N-dealkylation sites (tertiary alicyclic amines) is 1. The molecule has 14 nitrogen and oxygen atoms in total. The van der Waals surface area contributed by atoms with Crippen LogP contribution in [0, 0.1) is 30.4 Å². The van der Waals surface area contributed by atoms with Crippen LogP contribution in [0.3, 0.4) is 0 Å². The third-order valence-corrected chi connectivity index (χ3v) is 16.1. The minimum atomic E-state index is -1.01. The molecule has 2 atom stereocenters. The predicted molar refractivity (Wildman–Crippen MR) is 262 cm³/mol. The summed E-state index contributed by atoms with van der Waals surface area (Å²) in [6.45, 7) is 7.34. The van der Waals surface area contributed by atoms with Crippen molar-refractivity contribution in [2.75, 3.05) is 44.7 Å². The number of nitrogens with two attached hydrogens (primary N) is 1. The van der Waals surface area contributed by atoms with Gasteiger partial charge < -0.3 is 30.7 Å². The van der Waals surface area contributed by atoms with Crippen molar-refractivity contribution in [2.24, 2.45) is 24.6 Å². The molecule has 4 fully saturated rings. The summed E-state index contributed by atoms with van der Waals surface area (Å²) >= 11 is 0. The minimum Gasteiger partial charge on any atom is -0.494 e. The van der Waals surface area contributed by atoms with Crippen molar-refractivity contribution < 1.29 is 37.4 Å². The summed E-state index contributed by atoms with van der Waals surface area (Å²) in [7, 11) is 3.22. The van der Waals surface area contributed by atoms with Crippen molar-refractivity contribution in [3.8, 4) is 22.6 Å². The quantitative estimate of drug-likeness (QED) is 0.0923. The van der Waals surface area contributed by atoms with Gasteiger partial charge in [-0.2, -0.15) is 5.10 Å². The van der Waals surface area contributed by atoms with E-state index in [1.165, 1.54) is 30.9 Å². The van der Waals surface area contributed by atoms with Crippen molar-refractivity contribution in [3.63, 3.8) is 0 Å². The maximum atomic E-state index is 16.3. The highest BCUT2D eigenvalue weighted by Crippen LogP contribution is 2.56. The highest BCUT2D eigenvalue weighted by atomic mass is 19.1. The highest BCUT2D eigenvalue weighted by Gasteiger charge is 2.50. The number of rotatable bonds is 13. The van der Waals surface area contributed by atoms with Gasteiger partial charge in [-0.3, -0.25) is 29.3 Å². The number of piperidine rings is 1. The molecule has 2 aliphatic carbocycles. The summed E-state index contributed by atoms with van der Waals surface area (Å²) in [6.07, 6.45) is 7.50. The summed E-state index contributed by atoms with van der Waals surface area (Å²) in [4.78, 5) is 54.7. The van der Waals surface area contributed by atoms with E-state index < -0.39 is 35.1 Å². The number of carbonyl (C=O) groups is 4. The Morgan fingerprint density at radius 2 is 1.69 bits per heavy atom. The van der Waals surface area contributed by atoms with Gasteiger partial charge >= 0.3 is 6.03 Å². The number of benzene rings is 4. The van der Waals surface area contributed by atoms with E-state index in [4.69, 9.17) is 15.2 Å². The average Bonchev–Trinajstić information content (AvgIpc) is 3.82. The molecule has 5 aromatic rings. The third kappa shape index (κ3) is 8.67. The zero-order valence-corrected chi connectivity index (χ0v) is 40.3. The second kappa shape index (κ2) is 19.1. The van der Waals surface area contributed by atoms with Crippen LogP contribution in [0.25, 0.3) is 22.0 Å². The van der Waals surface area contributed by atoms with Gasteiger partial charge in [0, 0.05) is 79.6 Å². The van der Waals surface area contributed by atoms with Gasteiger partial charge in [0.1, 0.15) is 11.6 Å². The van der Waals surface area contributed by atoms with Crippen LogP contribution in [0.15, 0.2) is 66.7 Å². The number of urea groups is 1. The van der Waals surface area contributed by atoms with E-state index in [2.05, 4.69) is 44.1 Å². The first-order chi connectivity index (χ1) is 33.7. The third-order valence-electron chi connectivity index (χ3n) is 16.1. The lowest BCUT2D eigenvalue weighted by Crippen LogP contribution is -2.51. The van der Waals surface area contributed by atoms with Crippen molar-refractivity contribution in [1.29, 1.82) is 0 Å². The molecule has 5 N–H and O–H groups in total. The monoisotopic (exact) mass is 956 g/mol. The fraction of sp³-hybridized carbons (Fsp3) is 0.463. The second-order valence-corrected chi connectivity index (χ2v) is 20.2. The lowest BCUT2D eigenvalue weighted by atomic mass is 9.76. The van der Waals surface area contributed by atoms with E-state index in [0.717, 1.165) is 87.5 Å². The van der Waals surface area contributed by atoms with Crippen molar-refractivity contribution in [1.82, 2.24) is 30.6 Å². The van der Waals surface area contributed by atoms with E-state index >= 15 is 8.78 Å². The van der Waals surface area contributed by atoms with Crippen LogP contribution in [0.5, 0.6) is 11.5 Å². The predicted octanol–water partition coefficient (Wildman–Crippen LogP) is 7.69. The molecular formula is C54H62F2N8O6. The average molecular weight is 957 g/mol. The van der Waals surface area contributed by atoms with Gasteiger partial charge in [-0.15, -0.1) is 0 Å². The van der Waals surface area contributed by atoms with E-state index in [1.54, 1.807) is 11.8 Å². The normalized spacial score (nSPS) is 25.0. The number of nitrogens with one attached hydrogen (secondary N) is 3. The molecule has 0 spiro atoms. The summed E-state index contributed by atoms with van der Waals surface area (Å²) in [5.41, 5.74) is 8.70. The molecular weight excluding hydrogens is 895 g/mol. The number of aromatic nitrogens is 2. The number of carbonyl (C=O) groups excluding carboxylic acids is 4. The van der Waals surface area contributed by atoms with Crippen LogP contribution >= 0.6 is 0 Å². The smallest absolute Gasteiger partial charge is 0.329 e. The van der Waals surface area contributed by atoms with Crippen LogP contribution in [0.2, 0.25) is 0 Å². The number of primary amides is 1. The Balaban J connectivity index is 0.714. The van der Waals surface area contributed by atoms with Gasteiger partial charge in [0.25, 0.3) is 0 Å². The Hall–Kier alpha value is -6.39. The standard InChI is InChI=1S/C54H62F2N8O6/c1-30-41(55)27-44-47(46(30)48-40(50(57)66)16-17-43(69-4)49(48)56)31(2)54(70-44,36-8-6-5-7-9-36)29-58-37-13-10-34(11-14-37)52(67)59-38-24-32(25-38)28-63-21-18-33(19-22-63)35-12-15-39-42(26-35)62(3)61-51(39)64-23-20-45(65)60-53(64)68/h5-9,12,15-17,26-27,31-34,37-38,58H,10-11,13-14,18-25,28-29H2,1-4H3,(H2,57,66)(H,59,67)(H,60,65,68). The number of ether oxygens (including phenoxy) is 2. The number of fused-ring (bicyclic) bond motifs is 2. The summed E-state index contributed by atoms with van der Waals surface area (Å²) < 4.78 is 46.1. The molecule has 5 aliphatic rings. The van der Waals surface area contributed by atoms with E-state index in [9.17, 15) is 19.2 Å². The Morgan fingerprint density at radius 1 is 0.943 bits per heavy atom. The molecule has 4 aromatic carbocycles. The number of aryl methyl sites for hydroxylation is 1. The Bertz CT molecular complexity index is 2850. The molecule has 368 valence electrons. The Labute approximate surface area is 406 Å². The first kappa shape index (κ1) is 47.3. The molecule has 2 saturated heterocycles. The Kier molecular flexibility index (Phi) is 12.9. The maximum Gasteiger partial charge on any atom is 0.329 e. The molecule has 16 heteroatoms. The van der Waals surface area contributed by atoms with E-state index in [0.29, 0.717) is 36.3 Å². The van der Waals surface area contributed by atoms with Crippen molar-refractivity contribution >= 4 is 40.5 Å². The van der Waals surface area contributed by atoms with Crippen LogP contribution in [0.4, 0.5) is 19.4 Å². The lowest BCUT2D eigenvalue weighted by Gasteiger charge is -2.42. The van der Waals surface area contributed by atoms with Crippen LogP contribution < -0.4 is 36.1 Å². The molecule has 3 aliphatic heterocycles.